The Kier molecular flexibility index (Phi) is 6.29. The minimum absolute atomic E-state index is 0.0795. The van der Waals surface area contributed by atoms with Crippen molar-refractivity contribution in [3.8, 4) is 0 Å². The number of benzene rings is 1. The van der Waals surface area contributed by atoms with Gasteiger partial charge in [0.1, 0.15) is 0 Å². The summed E-state index contributed by atoms with van der Waals surface area (Å²) in [7, 11) is -3.70. The Labute approximate surface area is 121 Å². The number of nitrogens with one attached hydrogen (secondary N) is 1. The van der Waals surface area contributed by atoms with Crippen LogP contribution in [0.1, 0.15) is 39.5 Å². The highest BCUT2D eigenvalue weighted by Gasteiger charge is 2.11. The standard InChI is InChI=1S/C14H25N3O2S/c1-3-5-6-11(4-2)10-17-14-9-12(20(16,18)19)7-8-13(14)15/h7-9,11,17H,3-6,10,15H2,1-2H3,(H2,16,18,19). The van der Waals surface area contributed by atoms with Crippen molar-refractivity contribution in [2.24, 2.45) is 11.1 Å². The molecular formula is C14H25N3O2S. The van der Waals surface area contributed by atoms with Gasteiger partial charge in [0.25, 0.3) is 0 Å². The molecule has 5 N–H and O–H groups in total. The van der Waals surface area contributed by atoms with Gasteiger partial charge in [-0.1, -0.05) is 33.1 Å². The molecular weight excluding hydrogens is 274 g/mol. The zero-order chi connectivity index (χ0) is 15.2. The van der Waals surface area contributed by atoms with Crippen LogP contribution >= 0.6 is 0 Å². The van der Waals surface area contributed by atoms with Crippen LogP contribution in [0.15, 0.2) is 23.1 Å². The van der Waals surface area contributed by atoms with Crippen molar-refractivity contribution in [3.63, 3.8) is 0 Å². The Morgan fingerprint density at radius 1 is 1.30 bits per heavy atom. The summed E-state index contributed by atoms with van der Waals surface area (Å²) in [6.45, 7) is 5.12. The molecule has 1 atom stereocenters. The number of hydrogen-bond acceptors (Lipinski definition) is 4. The lowest BCUT2D eigenvalue weighted by Crippen LogP contribution is -2.16. The minimum atomic E-state index is -3.70. The number of sulfonamides is 1. The summed E-state index contributed by atoms with van der Waals surface area (Å²) in [5.74, 6) is 0.562. The van der Waals surface area contributed by atoms with E-state index in [-0.39, 0.29) is 4.90 Å². The summed E-state index contributed by atoms with van der Waals surface area (Å²) in [5.41, 5.74) is 7.02. The zero-order valence-corrected chi connectivity index (χ0v) is 13.0. The summed E-state index contributed by atoms with van der Waals surface area (Å²) in [6, 6.07) is 4.48. The maximum Gasteiger partial charge on any atom is 0.238 e. The van der Waals surface area contributed by atoms with Gasteiger partial charge in [0.2, 0.25) is 10.0 Å². The first-order valence-electron chi connectivity index (χ1n) is 7.04. The first-order valence-corrected chi connectivity index (χ1v) is 8.59. The molecule has 0 fully saturated rings. The average Bonchev–Trinajstić information content (AvgIpc) is 2.39. The van der Waals surface area contributed by atoms with Crippen molar-refractivity contribution >= 4 is 21.4 Å². The molecule has 1 unspecified atom stereocenters. The molecule has 0 bridgehead atoms. The first kappa shape index (κ1) is 16.8. The molecule has 0 aliphatic rings. The Morgan fingerprint density at radius 2 is 2.00 bits per heavy atom. The maximum absolute atomic E-state index is 11.3. The molecule has 0 amide bonds. The van der Waals surface area contributed by atoms with Gasteiger partial charge >= 0.3 is 0 Å². The van der Waals surface area contributed by atoms with Crippen LogP contribution in [0.3, 0.4) is 0 Å². The van der Waals surface area contributed by atoms with Gasteiger partial charge in [0.05, 0.1) is 16.3 Å². The van der Waals surface area contributed by atoms with E-state index in [1.165, 1.54) is 25.0 Å². The Bertz CT molecular complexity index is 529. The number of hydrogen-bond donors (Lipinski definition) is 3. The molecule has 0 heterocycles. The third kappa shape index (κ3) is 5.02. The van der Waals surface area contributed by atoms with Crippen molar-refractivity contribution in [3.05, 3.63) is 18.2 Å². The number of nitrogens with two attached hydrogens (primary N) is 2. The molecule has 6 heteroatoms. The van der Waals surface area contributed by atoms with Crippen molar-refractivity contribution in [2.45, 2.75) is 44.4 Å². The summed E-state index contributed by atoms with van der Waals surface area (Å²) in [4.78, 5) is 0.0795. The molecule has 0 saturated carbocycles. The van der Waals surface area contributed by atoms with Crippen molar-refractivity contribution < 1.29 is 8.42 Å². The van der Waals surface area contributed by atoms with Crippen molar-refractivity contribution in [2.75, 3.05) is 17.6 Å². The smallest absolute Gasteiger partial charge is 0.238 e. The quantitative estimate of drug-likeness (QED) is 0.642. The van der Waals surface area contributed by atoms with Crippen LogP contribution in [0.4, 0.5) is 11.4 Å². The van der Waals surface area contributed by atoms with Crippen LogP contribution in [0, 0.1) is 5.92 Å². The molecule has 0 radical (unpaired) electrons. The van der Waals surface area contributed by atoms with E-state index in [1.807, 2.05) is 0 Å². The van der Waals surface area contributed by atoms with E-state index in [4.69, 9.17) is 10.9 Å². The number of anilines is 2. The van der Waals surface area contributed by atoms with E-state index in [0.29, 0.717) is 17.3 Å². The third-order valence-corrected chi connectivity index (χ3v) is 4.39. The maximum atomic E-state index is 11.3. The normalized spacial score (nSPS) is 13.2. The summed E-state index contributed by atoms with van der Waals surface area (Å²) >= 11 is 0. The van der Waals surface area contributed by atoms with Gasteiger partial charge < -0.3 is 11.1 Å². The van der Waals surface area contributed by atoms with Crippen molar-refractivity contribution in [1.29, 1.82) is 0 Å². The second-order valence-electron chi connectivity index (χ2n) is 5.09. The average molecular weight is 299 g/mol. The van der Waals surface area contributed by atoms with E-state index >= 15 is 0 Å². The number of nitrogen functional groups attached to an aromatic ring is 1. The van der Waals surface area contributed by atoms with Crippen LogP contribution in [0.25, 0.3) is 0 Å². The molecule has 1 aromatic rings. The van der Waals surface area contributed by atoms with Gasteiger partial charge in [0.15, 0.2) is 0 Å². The molecule has 0 aromatic heterocycles. The molecule has 114 valence electrons. The van der Waals surface area contributed by atoms with Gasteiger partial charge in [0, 0.05) is 6.54 Å². The summed E-state index contributed by atoms with van der Waals surface area (Å²) in [5, 5.41) is 8.37. The van der Waals surface area contributed by atoms with Crippen LogP contribution in [0.5, 0.6) is 0 Å². The Balaban J connectivity index is 2.76. The number of unbranched alkanes of at least 4 members (excludes halogenated alkanes) is 1. The lowest BCUT2D eigenvalue weighted by Gasteiger charge is -2.17. The topological polar surface area (TPSA) is 98.2 Å². The number of primary sulfonamides is 1. The van der Waals surface area contributed by atoms with Gasteiger partial charge in [-0.05, 0) is 30.5 Å². The van der Waals surface area contributed by atoms with E-state index in [2.05, 4.69) is 19.2 Å². The SMILES string of the molecule is CCCCC(CC)CNc1cc(S(N)(=O)=O)ccc1N. The molecule has 1 rings (SSSR count). The van der Waals surface area contributed by atoms with Crippen LogP contribution in [-0.2, 0) is 10.0 Å². The third-order valence-electron chi connectivity index (χ3n) is 3.48. The number of rotatable bonds is 8. The second kappa shape index (κ2) is 7.50. The molecule has 0 spiro atoms. The molecule has 0 saturated heterocycles. The monoisotopic (exact) mass is 299 g/mol. The summed E-state index contributed by atoms with van der Waals surface area (Å²) in [6.07, 6.45) is 4.63. The van der Waals surface area contributed by atoms with E-state index < -0.39 is 10.0 Å². The van der Waals surface area contributed by atoms with E-state index in [0.717, 1.165) is 19.4 Å². The molecule has 0 aliphatic carbocycles. The highest BCUT2D eigenvalue weighted by molar-refractivity contribution is 7.89. The van der Waals surface area contributed by atoms with Gasteiger partial charge in [-0.25, -0.2) is 13.6 Å². The predicted molar refractivity (Wildman–Crippen MR) is 84.0 cm³/mol. The molecule has 20 heavy (non-hydrogen) atoms. The van der Waals surface area contributed by atoms with Crippen LogP contribution in [0.2, 0.25) is 0 Å². The predicted octanol–water partition coefficient (Wildman–Crippen LogP) is 2.54. The second-order valence-corrected chi connectivity index (χ2v) is 6.65. The van der Waals surface area contributed by atoms with Crippen molar-refractivity contribution in [1.82, 2.24) is 0 Å². The van der Waals surface area contributed by atoms with Crippen LogP contribution in [-0.4, -0.2) is 15.0 Å². The van der Waals surface area contributed by atoms with Gasteiger partial charge in [-0.15, -0.1) is 0 Å². The van der Waals surface area contributed by atoms with Gasteiger partial charge in [-0.3, -0.25) is 0 Å². The lowest BCUT2D eigenvalue weighted by atomic mass is 9.99. The lowest BCUT2D eigenvalue weighted by molar-refractivity contribution is 0.473. The fourth-order valence-electron chi connectivity index (χ4n) is 2.06. The minimum Gasteiger partial charge on any atom is -0.397 e. The van der Waals surface area contributed by atoms with E-state index in [9.17, 15) is 8.42 Å². The van der Waals surface area contributed by atoms with Crippen LogP contribution < -0.4 is 16.2 Å². The Hall–Kier alpha value is -1.27. The fraction of sp³-hybridized carbons (Fsp3) is 0.571. The molecule has 1 aromatic carbocycles. The zero-order valence-electron chi connectivity index (χ0n) is 12.2. The van der Waals surface area contributed by atoms with Gasteiger partial charge in [-0.2, -0.15) is 0 Å². The summed E-state index contributed by atoms with van der Waals surface area (Å²) < 4.78 is 22.7. The highest BCUT2D eigenvalue weighted by Crippen LogP contribution is 2.23. The highest BCUT2D eigenvalue weighted by atomic mass is 32.2. The largest absolute Gasteiger partial charge is 0.397 e. The molecule has 5 nitrogen and oxygen atoms in total. The first-order chi connectivity index (χ1) is 9.38. The molecule has 0 aliphatic heterocycles. The van der Waals surface area contributed by atoms with E-state index in [1.54, 1.807) is 6.07 Å². The fourth-order valence-corrected chi connectivity index (χ4v) is 2.60. The Morgan fingerprint density at radius 3 is 2.55 bits per heavy atom.